The maximum Gasteiger partial charge on any atom is 0.169 e. The Morgan fingerprint density at radius 2 is 2.00 bits per heavy atom. The van der Waals surface area contributed by atoms with Crippen LogP contribution in [0.3, 0.4) is 0 Å². The van der Waals surface area contributed by atoms with Crippen LogP contribution in [0.15, 0.2) is 18.2 Å². The topological polar surface area (TPSA) is 43.0 Å². The van der Waals surface area contributed by atoms with Crippen LogP contribution in [-0.2, 0) is 11.3 Å². The van der Waals surface area contributed by atoms with Crippen LogP contribution < -0.4 is 14.8 Å². The minimum atomic E-state index is 0.282. The lowest BCUT2D eigenvalue weighted by Gasteiger charge is -2.33. The molecule has 1 heterocycles. The van der Waals surface area contributed by atoms with Crippen LogP contribution >= 0.6 is 12.2 Å². The zero-order valence-electron chi connectivity index (χ0n) is 15.8. The minimum Gasteiger partial charge on any atom is -0.493 e. The van der Waals surface area contributed by atoms with Crippen LogP contribution in [0, 0.1) is 0 Å². The van der Waals surface area contributed by atoms with Gasteiger partial charge in [0.15, 0.2) is 16.6 Å². The molecule has 3 rings (SSSR count). The van der Waals surface area contributed by atoms with Crippen molar-refractivity contribution in [1.82, 2.24) is 10.2 Å². The second-order valence-electron chi connectivity index (χ2n) is 7.04. The molecule has 0 bridgehead atoms. The summed E-state index contributed by atoms with van der Waals surface area (Å²) in [4.78, 5) is 2.33. The average molecular weight is 379 g/mol. The van der Waals surface area contributed by atoms with E-state index in [2.05, 4.69) is 16.3 Å². The van der Waals surface area contributed by atoms with Crippen molar-refractivity contribution in [3.63, 3.8) is 0 Å². The molecule has 1 saturated carbocycles. The molecule has 26 heavy (non-hydrogen) atoms. The first-order valence-electron chi connectivity index (χ1n) is 9.59. The molecule has 1 aliphatic heterocycles. The number of nitrogens with zero attached hydrogens (tertiary/aromatic N) is 1. The summed E-state index contributed by atoms with van der Waals surface area (Å²) in [6, 6.07) is 6.50. The van der Waals surface area contributed by atoms with Crippen LogP contribution in [-0.4, -0.2) is 49.5 Å². The zero-order valence-corrected chi connectivity index (χ0v) is 16.6. The third kappa shape index (κ3) is 4.60. The fourth-order valence-corrected chi connectivity index (χ4v) is 4.25. The highest BCUT2D eigenvalue weighted by Gasteiger charge is 2.27. The van der Waals surface area contributed by atoms with E-state index in [1.165, 1.54) is 25.7 Å². The van der Waals surface area contributed by atoms with Gasteiger partial charge in [-0.25, -0.2) is 0 Å². The van der Waals surface area contributed by atoms with Crippen LogP contribution in [0.1, 0.15) is 44.1 Å². The molecule has 1 atom stereocenters. The summed E-state index contributed by atoms with van der Waals surface area (Å²) in [6.45, 7) is 2.38. The van der Waals surface area contributed by atoms with Crippen molar-refractivity contribution in [3.8, 4) is 11.5 Å². The Morgan fingerprint density at radius 3 is 2.65 bits per heavy atom. The summed E-state index contributed by atoms with van der Waals surface area (Å²) in [5.41, 5.74) is 1.10. The van der Waals surface area contributed by atoms with E-state index in [0.717, 1.165) is 54.7 Å². The van der Waals surface area contributed by atoms with E-state index in [-0.39, 0.29) is 6.10 Å². The second kappa shape index (κ2) is 9.42. The van der Waals surface area contributed by atoms with Gasteiger partial charge in [-0.3, -0.25) is 0 Å². The van der Waals surface area contributed by atoms with Crippen molar-refractivity contribution in [2.24, 2.45) is 0 Å². The van der Waals surface area contributed by atoms with Crippen LogP contribution in [0.4, 0.5) is 0 Å². The summed E-state index contributed by atoms with van der Waals surface area (Å²) < 4.78 is 16.8. The van der Waals surface area contributed by atoms with E-state index in [0.29, 0.717) is 6.04 Å². The van der Waals surface area contributed by atoms with Gasteiger partial charge < -0.3 is 24.4 Å². The van der Waals surface area contributed by atoms with Crippen molar-refractivity contribution in [2.45, 2.75) is 57.2 Å². The van der Waals surface area contributed by atoms with Gasteiger partial charge in [0, 0.05) is 31.3 Å². The first kappa shape index (κ1) is 19.2. The standard InChI is InChI=1S/C20H30N2O3S/c1-23-18-11-5-7-15(19(18)24-2)14-22(16-8-3-4-9-16)20(26)21-13-17-10-6-12-25-17/h5,7,11,16-17H,3-4,6,8-10,12-14H2,1-2H3,(H,21,26). The fourth-order valence-electron chi connectivity index (χ4n) is 3.95. The van der Waals surface area contributed by atoms with Crippen LogP contribution in [0.5, 0.6) is 11.5 Å². The van der Waals surface area contributed by atoms with Crippen molar-refractivity contribution < 1.29 is 14.2 Å². The molecule has 0 aromatic heterocycles. The number of thiocarbonyl (C=S) groups is 1. The van der Waals surface area contributed by atoms with Crippen molar-refractivity contribution in [2.75, 3.05) is 27.4 Å². The number of hydrogen-bond donors (Lipinski definition) is 1. The summed E-state index contributed by atoms with van der Waals surface area (Å²) in [5.74, 6) is 1.55. The highest BCUT2D eigenvalue weighted by atomic mass is 32.1. The van der Waals surface area contributed by atoms with Gasteiger partial charge in [0.05, 0.1) is 20.3 Å². The minimum absolute atomic E-state index is 0.282. The third-order valence-corrected chi connectivity index (χ3v) is 5.74. The first-order valence-corrected chi connectivity index (χ1v) is 9.99. The average Bonchev–Trinajstić information content (AvgIpc) is 3.37. The third-order valence-electron chi connectivity index (χ3n) is 5.36. The van der Waals surface area contributed by atoms with Gasteiger partial charge in [-0.1, -0.05) is 25.0 Å². The summed E-state index contributed by atoms with van der Waals surface area (Å²) in [5, 5.41) is 4.27. The SMILES string of the molecule is COc1cccc(CN(C(=S)NCC2CCCO2)C2CCCC2)c1OC. The predicted octanol–water partition coefficient (Wildman–Crippen LogP) is 3.50. The Balaban J connectivity index is 1.72. The lowest BCUT2D eigenvalue weighted by molar-refractivity contribution is 0.113. The predicted molar refractivity (Wildman–Crippen MR) is 107 cm³/mol. The molecule has 6 heteroatoms. The smallest absolute Gasteiger partial charge is 0.169 e. The molecule has 1 aromatic rings. The molecule has 2 aliphatic rings. The first-order chi connectivity index (χ1) is 12.7. The molecule has 0 spiro atoms. The molecule has 1 N–H and O–H groups in total. The molecular formula is C20H30N2O3S. The molecule has 5 nitrogen and oxygen atoms in total. The number of hydrogen-bond acceptors (Lipinski definition) is 4. The van der Waals surface area contributed by atoms with Crippen LogP contribution in [0.25, 0.3) is 0 Å². The van der Waals surface area contributed by atoms with E-state index in [1.54, 1.807) is 14.2 Å². The van der Waals surface area contributed by atoms with Gasteiger partial charge in [-0.05, 0) is 44.0 Å². The normalized spacial score (nSPS) is 20.2. The molecule has 144 valence electrons. The molecule has 2 fully saturated rings. The number of rotatable bonds is 7. The van der Waals surface area contributed by atoms with Crippen molar-refractivity contribution in [3.05, 3.63) is 23.8 Å². The Morgan fingerprint density at radius 1 is 1.19 bits per heavy atom. The largest absolute Gasteiger partial charge is 0.493 e. The highest BCUT2D eigenvalue weighted by molar-refractivity contribution is 7.80. The second-order valence-corrected chi connectivity index (χ2v) is 7.43. The molecule has 0 amide bonds. The van der Waals surface area contributed by atoms with Gasteiger partial charge in [-0.2, -0.15) is 0 Å². The molecule has 1 aromatic carbocycles. The van der Waals surface area contributed by atoms with E-state index in [4.69, 9.17) is 26.4 Å². The molecule has 1 aliphatic carbocycles. The quantitative estimate of drug-likeness (QED) is 0.733. The molecule has 1 saturated heterocycles. The zero-order chi connectivity index (χ0) is 18.4. The maximum absolute atomic E-state index is 5.77. The van der Waals surface area contributed by atoms with E-state index >= 15 is 0 Å². The molecular weight excluding hydrogens is 348 g/mol. The summed E-state index contributed by atoms with van der Waals surface area (Å²) in [7, 11) is 3.36. The lowest BCUT2D eigenvalue weighted by Crippen LogP contribution is -2.46. The Hall–Kier alpha value is -1.53. The Kier molecular flexibility index (Phi) is 6.97. The van der Waals surface area contributed by atoms with E-state index in [1.807, 2.05) is 12.1 Å². The Bertz CT molecular complexity index is 599. The van der Waals surface area contributed by atoms with Gasteiger partial charge in [0.2, 0.25) is 0 Å². The van der Waals surface area contributed by atoms with Gasteiger partial charge in [0.1, 0.15) is 0 Å². The van der Waals surface area contributed by atoms with E-state index in [9.17, 15) is 0 Å². The van der Waals surface area contributed by atoms with Gasteiger partial charge in [0.25, 0.3) is 0 Å². The summed E-state index contributed by atoms with van der Waals surface area (Å²) in [6.07, 6.45) is 7.46. The monoisotopic (exact) mass is 378 g/mol. The van der Waals surface area contributed by atoms with Crippen molar-refractivity contribution in [1.29, 1.82) is 0 Å². The Labute approximate surface area is 162 Å². The number of ether oxygens (including phenoxy) is 3. The lowest BCUT2D eigenvalue weighted by atomic mass is 10.1. The maximum atomic E-state index is 5.77. The summed E-state index contributed by atoms with van der Waals surface area (Å²) >= 11 is 5.77. The number of methoxy groups -OCH3 is 2. The fraction of sp³-hybridized carbons (Fsp3) is 0.650. The van der Waals surface area contributed by atoms with Gasteiger partial charge in [-0.15, -0.1) is 0 Å². The highest BCUT2D eigenvalue weighted by Crippen LogP contribution is 2.33. The van der Waals surface area contributed by atoms with Gasteiger partial charge >= 0.3 is 0 Å². The van der Waals surface area contributed by atoms with Crippen LogP contribution in [0.2, 0.25) is 0 Å². The van der Waals surface area contributed by atoms with E-state index < -0.39 is 0 Å². The number of nitrogens with one attached hydrogen (secondary N) is 1. The molecule has 0 radical (unpaired) electrons. The number of benzene rings is 1. The van der Waals surface area contributed by atoms with Crippen molar-refractivity contribution >= 4 is 17.3 Å². The molecule has 1 unspecified atom stereocenters. The number of para-hydroxylation sites is 1.